The van der Waals surface area contributed by atoms with Crippen LogP contribution < -0.4 is 10.7 Å². The van der Waals surface area contributed by atoms with Crippen molar-refractivity contribution < 1.29 is 9.53 Å². The molecular weight excluding hydrogens is 290 g/mol. The van der Waals surface area contributed by atoms with Crippen LogP contribution in [0, 0.1) is 0 Å². The quantitative estimate of drug-likeness (QED) is 0.654. The van der Waals surface area contributed by atoms with Crippen molar-refractivity contribution in [1.29, 1.82) is 0 Å². The highest BCUT2D eigenvalue weighted by Crippen LogP contribution is 2.16. The van der Waals surface area contributed by atoms with Crippen molar-refractivity contribution in [3.8, 4) is 0 Å². The number of nitrogens with zero attached hydrogens (tertiary/aromatic N) is 1. The number of rotatable bonds is 4. The molecule has 2 N–H and O–H groups in total. The van der Waals surface area contributed by atoms with Gasteiger partial charge in [0.15, 0.2) is 0 Å². The van der Waals surface area contributed by atoms with Gasteiger partial charge in [-0.3, -0.25) is 0 Å². The van der Waals surface area contributed by atoms with Gasteiger partial charge in [-0.1, -0.05) is 30.3 Å². The minimum absolute atomic E-state index is 0.537. The zero-order valence-corrected chi connectivity index (χ0v) is 13.5. The van der Waals surface area contributed by atoms with Crippen LogP contribution in [0.5, 0.6) is 0 Å². The van der Waals surface area contributed by atoms with E-state index in [1.54, 1.807) is 27.0 Å². The molecule has 1 amide bonds. The molecule has 0 saturated carbocycles. The fraction of sp³-hybridized carbons (Fsp3) is 0.222. The van der Waals surface area contributed by atoms with Crippen LogP contribution in [-0.4, -0.2) is 17.9 Å². The van der Waals surface area contributed by atoms with E-state index >= 15 is 0 Å². The Bertz CT molecular complexity index is 659. The van der Waals surface area contributed by atoms with Crippen molar-refractivity contribution in [1.82, 2.24) is 5.43 Å². The summed E-state index contributed by atoms with van der Waals surface area (Å²) < 4.78 is 5.09. The normalized spacial score (nSPS) is 11.3. The van der Waals surface area contributed by atoms with Crippen LogP contribution in [0.25, 0.3) is 0 Å². The number of ether oxygens (including phenoxy) is 1. The summed E-state index contributed by atoms with van der Waals surface area (Å²) in [4.78, 5) is 11.4. The number of anilines is 2. The highest BCUT2D eigenvalue weighted by atomic mass is 16.6. The van der Waals surface area contributed by atoms with Crippen LogP contribution in [0.3, 0.4) is 0 Å². The topological polar surface area (TPSA) is 62.7 Å². The molecule has 5 heteroatoms. The van der Waals surface area contributed by atoms with Crippen LogP contribution in [0.15, 0.2) is 59.7 Å². The Morgan fingerprint density at radius 1 is 1.00 bits per heavy atom. The van der Waals surface area contributed by atoms with Crippen molar-refractivity contribution in [2.75, 3.05) is 5.32 Å². The molecule has 0 aliphatic rings. The lowest BCUT2D eigenvalue weighted by Crippen LogP contribution is -2.29. The van der Waals surface area contributed by atoms with Crippen LogP contribution in [0.1, 0.15) is 26.3 Å². The molecule has 0 aliphatic carbocycles. The predicted molar refractivity (Wildman–Crippen MR) is 93.1 cm³/mol. The van der Waals surface area contributed by atoms with E-state index in [1.165, 1.54) is 0 Å². The Hall–Kier alpha value is -2.82. The van der Waals surface area contributed by atoms with E-state index < -0.39 is 11.7 Å². The van der Waals surface area contributed by atoms with E-state index in [0.717, 1.165) is 16.9 Å². The second kappa shape index (κ2) is 7.45. The Labute approximate surface area is 136 Å². The molecule has 2 rings (SSSR count). The van der Waals surface area contributed by atoms with E-state index in [9.17, 15) is 4.79 Å². The maximum Gasteiger partial charge on any atom is 0.428 e. The molecule has 0 unspecified atom stereocenters. The fourth-order valence-corrected chi connectivity index (χ4v) is 1.80. The first-order valence-electron chi connectivity index (χ1n) is 7.36. The van der Waals surface area contributed by atoms with Crippen LogP contribution in [0.4, 0.5) is 16.2 Å². The lowest BCUT2D eigenvalue weighted by Gasteiger charge is -2.18. The molecule has 5 nitrogen and oxygen atoms in total. The zero-order chi connectivity index (χ0) is 16.7. The second-order valence-electron chi connectivity index (χ2n) is 5.98. The maximum absolute atomic E-state index is 11.4. The van der Waals surface area contributed by atoms with Gasteiger partial charge in [0.2, 0.25) is 0 Å². The van der Waals surface area contributed by atoms with E-state index in [0.29, 0.717) is 0 Å². The lowest BCUT2D eigenvalue weighted by molar-refractivity contribution is 0.0529. The molecule has 2 aromatic rings. The molecule has 2 aromatic carbocycles. The summed E-state index contributed by atoms with van der Waals surface area (Å²) in [5, 5.41) is 7.17. The van der Waals surface area contributed by atoms with Gasteiger partial charge >= 0.3 is 6.09 Å². The number of carbonyl (C=O) groups is 1. The van der Waals surface area contributed by atoms with Gasteiger partial charge in [0.25, 0.3) is 0 Å². The molecule has 0 bridgehead atoms. The Morgan fingerprint density at radius 3 is 2.22 bits per heavy atom. The van der Waals surface area contributed by atoms with E-state index in [2.05, 4.69) is 15.8 Å². The van der Waals surface area contributed by atoms with Crippen LogP contribution in [0.2, 0.25) is 0 Å². The fourth-order valence-electron chi connectivity index (χ4n) is 1.80. The van der Waals surface area contributed by atoms with Crippen LogP contribution >= 0.6 is 0 Å². The molecule has 120 valence electrons. The third-order valence-corrected chi connectivity index (χ3v) is 2.74. The first-order valence-corrected chi connectivity index (χ1v) is 7.36. The third-order valence-electron chi connectivity index (χ3n) is 2.74. The number of hydrogen-bond donors (Lipinski definition) is 2. The van der Waals surface area contributed by atoms with Crippen molar-refractivity contribution in [3.05, 3.63) is 60.2 Å². The van der Waals surface area contributed by atoms with Crippen LogP contribution in [-0.2, 0) is 4.74 Å². The highest BCUT2D eigenvalue weighted by molar-refractivity contribution is 5.81. The number of hydrogen-bond acceptors (Lipinski definition) is 4. The molecule has 0 heterocycles. The molecule has 0 radical (unpaired) electrons. The standard InChI is InChI=1S/C18H21N3O2/c1-18(2,3)23-17(22)21-19-13-14-9-11-16(12-10-14)20-15-7-5-4-6-8-15/h4-13,20H,1-3H3,(H,21,22)/b19-13-. The number of para-hydroxylation sites is 1. The summed E-state index contributed by atoms with van der Waals surface area (Å²) in [6.45, 7) is 5.40. The van der Waals surface area contributed by atoms with Crippen molar-refractivity contribution in [3.63, 3.8) is 0 Å². The molecule has 0 aliphatic heterocycles. The van der Waals surface area contributed by atoms with E-state index in [1.807, 2.05) is 54.6 Å². The van der Waals surface area contributed by atoms with Gasteiger partial charge in [-0.15, -0.1) is 0 Å². The monoisotopic (exact) mass is 311 g/mol. The van der Waals surface area contributed by atoms with Gasteiger partial charge in [-0.25, -0.2) is 10.2 Å². The largest absolute Gasteiger partial charge is 0.443 e. The van der Waals surface area contributed by atoms with Gasteiger partial charge in [-0.05, 0) is 50.6 Å². The number of nitrogens with one attached hydrogen (secondary N) is 2. The molecule has 0 atom stereocenters. The summed E-state index contributed by atoms with van der Waals surface area (Å²) in [6.07, 6.45) is 0.993. The molecular formula is C18H21N3O2. The maximum atomic E-state index is 11.4. The third kappa shape index (κ3) is 6.22. The van der Waals surface area contributed by atoms with Crippen molar-refractivity contribution in [2.24, 2.45) is 5.10 Å². The van der Waals surface area contributed by atoms with Gasteiger partial charge in [0.1, 0.15) is 5.60 Å². The average molecular weight is 311 g/mol. The first-order chi connectivity index (χ1) is 10.9. The first kappa shape index (κ1) is 16.5. The Morgan fingerprint density at radius 2 is 1.61 bits per heavy atom. The van der Waals surface area contributed by atoms with E-state index in [-0.39, 0.29) is 0 Å². The van der Waals surface area contributed by atoms with Gasteiger partial charge in [0, 0.05) is 11.4 Å². The molecule has 23 heavy (non-hydrogen) atoms. The SMILES string of the molecule is CC(C)(C)OC(=O)N/N=C\c1ccc(Nc2ccccc2)cc1. The summed E-state index contributed by atoms with van der Waals surface area (Å²) in [5.41, 5.74) is 4.68. The lowest BCUT2D eigenvalue weighted by atomic mass is 10.2. The second-order valence-corrected chi connectivity index (χ2v) is 5.98. The zero-order valence-electron chi connectivity index (χ0n) is 13.5. The molecule has 0 fully saturated rings. The van der Waals surface area contributed by atoms with E-state index in [4.69, 9.17) is 4.74 Å². The molecule has 0 spiro atoms. The summed E-state index contributed by atoms with van der Waals surface area (Å²) in [5.74, 6) is 0. The van der Waals surface area contributed by atoms with Crippen molar-refractivity contribution in [2.45, 2.75) is 26.4 Å². The summed E-state index contributed by atoms with van der Waals surface area (Å²) in [7, 11) is 0. The minimum Gasteiger partial charge on any atom is -0.443 e. The van der Waals surface area contributed by atoms with Crippen molar-refractivity contribution >= 4 is 23.7 Å². The Kier molecular flexibility index (Phi) is 5.36. The molecule has 0 saturated heterocycles. The smallest absolute Gasteiger partial charge is 0.428 e. The Balaban J connectivity index is 1.87. The summed E-state index contributed by atoms with van der Waals surface area (Å²) in [6, 6.07) is 17.6. The average Bonchev–Trinajstić information content (AvgIpc) is 2.48. The summed E-state index contributed by atoms with van der Waals surface area (Å²) >= 11 is 0. The van der Waals surface area contributed by atoms with Gasteiger partial charge < -0.3 is 10.1 Å². The predicted octanol–water partition coefficient (Wildman–Crippen LogP) is 4.29. The minimum atomic E-state index is -0.573. The van der Waals surface area contributed by atoms with Gasteiger partial charge in [0.05, 0.1) is 6.21 Å². The number of hydrazone groups is 1. The van der Waals surface area contributed by atoms with Gasteiger partial charge in [-0.2, -0.15) is 5.10 Å². The number of amides is 1. The number of carbonyl (C=O) groups excluding carboxylic acids is 1. The highest BCUT2D eigenvalue weighted by Gasteiger charge is 2.15. The molecule has 0 aromatic heterocycles. The number of benzene rings is 2.